The highest BCUT2D eigenvalue weighted by atomic mass is 35.5. The van der Waals surface area contributed by atoms with Gasteiger partial charge in [0.2, 0.25) is 0 Å². The number of aromatic amines is 1. The second-order valence-electron chi connectivity index (χ2n) is 4.17. The first-order chi connectivity index (χ1) is 9.13. The van der Waals surface area contributed by atoms with Crippen molar-refractivity contribution < 1.29 is 4.39 Å². The number of benzene rings is 2. The Morgan fingerprint density at radius 3 is 2.63 bits per heavy atom. The number of aromatic nitrogens is 1. The van der Waals surface area contributed by atoms with E-state index in [1.54, 1.807) is 24.3 Å². The summed E-state index contributed by atoms with van der Waals surface area (Å²) in [7, 11) is 0. The van der Waals surface area contributed by atoms with Crippen LogP contribution in [0.2, 0.25) is 5.02 Å². The van der Waals surface area contributed by atoms with Crippen LogP contribution in [-0.4, -0.2) is 4.98 Å². The average Bonchev–Trinajstić information content (AvgIpc) is 2.39. The highest BCUT2D eigenvalue weighted by molar-refractivity contribution is 6.34. The van der Waals surface area contributed by atoms with E-state index in [2.05, 4.69) is 11.1 Å². The lowest BCUT2D eigenvalue weighted by Crippen LogP contribution is -2.03. The molecule has 0 fully saturated rings. The molecule has 0 bridgehead atoms. The predicted octanol–water partition coefficient (Wildman–Crippen LogP) is 3.79. The van der Waals surface area contributed by atoms with Gasteiger partial charge in [-0.05, 0) is 41.3 Å². The van der Waals surface area contributed by atoms with Crippen molar-refractivity contribution >= 4 is 22.5 Å². The van der Waals surface area contributed by atoms with Crippen molar-refractivity contribution in [3.63, 3.8) is 0 Å². The van der Waals surface area contributed by atoms with E-state index in [9.17, 15) is 9.18 Å². The second-order valence-corrected chi connectivity index (χ2v) is 4.58. The molecule has 0 spiro atoms. The number of rotatable bonds is 1. The maximum atomic E-state index is 12.9. The van der Waals surface area contributed by atoms with E-state index in [1.807, 2.05) is 6.07 Å². The third-order valence-electron chi connectivity index (χ3n) is 2.90. The minimum absolute atomic E-state index is 0.293. The Morgan fingerprint density at radius 2 is 1.89 bits per heavy atom. The third kappa shape index (κ3) is 2.25. The fourth-order valence-electron chi connectivity index (χ4n) is 1.97. The first-order valence-electron chi connectivity index (χ1n) is 5.64. The number of hydrogen-bond donors (Lipinski definition) is 1. The summed E-state index contributed by atoms with van der Waals surface area (Å²) in [6.07, 6.45) is 0. The number of hydrogen-bond acceptors (Lipinski definition) is 1. The second kappa shape index (κ2) is 4.52. The van der Waals surface area contributed by atoms with Crippen LogP contribution in [0.4, 0.5) is 4.39 Å². The first kappa shape index (κ1) is 11.9. The van der Waals surface area contributed by atoms with Crippen LogP contribution in [0.15, 0.2) is 47.3 Å². The maximum absolute atomic E-state index is 12.9. The fraction of sp³-hybridized carbons (Fsp3) is 0. The minimum atomic E-state index is -0.293. The summed E-state index contributed by atoms with van der Waals surface area (Å²) in [5.74, 6) is -0.293. The van der Waals surface area contributed by atoms with Crippen molar-refractivity contribution in [3.05, 3.63) is 69.7 Å². The Balaban J connectivity index is 2.24. The van der Waals surface area contributed by atoms with Crippen molar-refractivity contribution in [3.8, 4) is 11.1 Å². The van der Waals surface area contributed by atoms with Gasteiger partial charge in [0.25, 0.3) is 5.56 Å². The molecule has 0 aliphatic heterocycles. The summed E-state index contributed by atoms with van der Waals surface area (Å²) < 4.78 is 12.9. The number of fused-ring (bicyclic) bond motifs is 1. The van der Waals surface area contributed by atoms with Gasteiger partial charge < -0.3 is 4.98 Å². The highest BCUT2D eigenvalue weighted by Gasteiger charge is 2.06. The highest BCUT2D eigenvalue weighted by Crippen LogP contribution is 2.31. The van der Waals surface area contributed by atoms with Crippen LogP contribution in [0.3, 0.4) is 0 Å². The lowest BCUT2D eigenvalue weighted by Gasteiger charge is -2.07. The van der Waals surface area contributed by atoms with Gasteiger partial charge in [-0.15, -0.1) is 0 Å². The smallest absolute Gasteiger partial charge is 0.256 e. The van der Waals surface area contributed by atoms with Crippen molar-refractivity contribution in [1.82, 2.24) is 4.98 Å². The van der Waals surface area contributed by atoms with Crippen molar-refractivity contribution in [2.75, 3.05) is 0 Å². The quantitative estimate of drug-likeness (QED) is 0.718. The number of H-pyrrole nitrogens is 1. The summed E-state index contributed by atoms with van der Waals surface area (Å²) >= 11 is 6.20. The van der Waals surface area contributed by atoms with Gasteiger partial charge in [-0.2, -0.15) is 0 Å². The molecule has 2 nitrogen and oxygen atoms in total. The maximum Gasteiger partial charge on any atom is 0.256 e. The van der Waals surface area contributed by atoms with Gasteiger partial charge in [0, 0.05) is 11.1 Å². The van der Waals surface area contributed by atoms with Gasteiger partial charge in [0.1, 0.15) is 5.82 Å². The standard InChI is InChI=1S/C15H8ClFNO/c16-13-8-14-10(3-6-15(19)18-14)7-12(13)9-1-4-11(17)5-2-9/h1-5,7-8H,(H,18,19). The lowest BCUT2D eigenvalue weighted by atomic mass is 10.0. The molecule has 19 heavy (non-hydrogen) atoms. The van der Waals surface area contributed by atoms with E-state index >= 15 is 0 Å². The Labute approximate surface area is 113 Å². The molecule has 0 amide bonds. The Hall–Kier alpha value is -2.13. The van der Waals surface area contributed by atoms with E-state index < -0.39 is 0 Å². The van der Waals surface area contributed by atoms with E-state index in [0.29, 0.717) is 10.5 Å². The molecule has 0 aliphatic carbocycles. The van der Waals surface area contributed by atoms with Crippen molar-refractivity contribution in [1.29, 1.82) is 0 Å². The molecule has 3 aromatic rings. The zero-order chi connectivity index (χ0) is 13.4. The normalized spacial score (nSPS) is 10.8. The van der Waals surface area contributed by atoms with Crippen LogP contribution in [0.25, 0.3) is 22.0 Å². The van der Waals surface area contributed by atoms with Gasteiger partial charge >= 0.3 is 0 Å². The van der Waals surface area contributed by atoms with E-state index in [1.165, 1.54) is 12.1 Å². The Kier molecular flexibility index (Phi) is 2.84. The van der Waals surface area contributed by atoms with E-state index in [4.69, 9.17) is 11.6 Å². The molecule has 0 saturated carbocycles. The molecule has 4 heteroatoms. The third-order valence-corrected chi connectivity index (χ3v) is 3.21. The number of nitrogens with one attached hydrogen (secondary N) is 1. The van der Waals surface area contributed by atoms with Gasteiger partial charge in [-0.3, -0.25) is 4.79 Å². The molecule has 0 atom stereocenters. The van der Waals surface area contributed by atoms with Crippen molar-refractivity contribution in [2.24, 2.45) is 0 Å². The van der Waals surface area contributed by atoms with Gasteiger partial charge in [0.05, 0.1) is 11.1 Å². The first-order valence-corrected chi connectivity index (χ1v) is 6.01. The summed E-state index contributed by atoms with van der Waals surface area (Å²) in [6, 6.07) is 13.8. The molecule has 2 aromatic carbocycles. The topological polar surface area (TPSA) is 32.9 Å². The van der Waals surface area contributed by atoms with Crippen LogP contribution in [0, 0.1) is 11.9 Å². The monoisotopic (exact) mass is 272 g/mol. The zero-order valence-electron chi connectivity index (χ0n) is 9.71. The molecule has 93 valence electrons. The molecule has 0 aliphatic rings. The molecule has 0 unspecified atom stereocenters. The summed E-state index contributed by atoms with van der Waals surface area (Å²) in [6.45, 7) is 0. The van der Waals surface area contributed by atoms with Crippen LogP contribution in [0.5, 0.6) is 0 Å². The molecule has 3 rings (SSSR count). The lowest BCUT2D eigenvalue weighted by molar-refractivity contribution is 0.628. The van der Waals surface area contributed by atoms with Crippen LogP contribution in [-0.2, 0) is 0 Å². The Bertz CT molecular complexity index is 808. The molecule has 1 radical (unpaired) electrons. The van der Waals surface area contributed by atoms with E-state index in [0.717, 1.165) is 16.5 Å². The predicted molar refractivity (Wildman–Crippen MR) is 73.8 cm³/mol. The van der Waals surface area contributed by atoms with Gasteiger partial charge in [0.15, 0.2) is 0 Å². The van der Waals surface area contributed by atoms with Gasteiger partial charge in [-0.1, -0.05) is 23.7 Å². The number of halogens is 2. The largest absolute Gasteiger partial charge is 0.321 e. The van der Waals surface area contributed by atoms with Crippen molar-refractivity contribution in [2.45, 2.75) is 0 Å². The van der Waals surface area contributed by atoms with E-state index in [-0.39, 0.29) is 11.4 Å². The summed E-state index contributed by atoms with van der Waals surface area (Å²) in [5.41, 5.74) is 1.96. The molecule has 1 aromatic heterocycles. The molecule has 1 heterocycles. The van der Waals surface area contributed by atoms with Crippen LogP contribution < -0.4 is 5.56 Å². The fourth-order valence-corrected chi connectivity index (χ4v) is 2.24. The minimum Gasteiger partial charge on any atom is -0.321 e. The zero-order valence-corrected chi connectivity index (χ0v) is 10.5. The Morgan fingerprint density at radius 1 is 1.16 bits per heavy atom. The number of pyridine rings is 1. The molecular formula is C15H8ClFNO. The molecule has 0 saturated heterocycles. The summed E-state index contributed by atoms with van der Waals surface area (Å²) in [5, 5.41) is 1.32. The molecular weight excluding hydrogens is 265 g/mol. The summed E-state index contributed by atoms with van der Waals surface area (Å²) in [4.78, 5) is 13.9. The van der Waals surface area contributed by atoms with Crippen LogP contribution >= 0.6 is 11.6 Å². The van der Waals surface area contributed by atoms with Gasteiger partial charge in [-0.25, -0.2) is 4.39 Å². The van der Waals surface area contributed by atoms with Crippen LogP contribution in [0.1, 0.15) is 0 Å². The molecule has 1 N–H and O–H groups in total. The SMILES string of the molecule is O=c1[c]cc2cc(-c3ccc(F)cc3)c(Cl)cc2[nH]1. The average molecular weight is 273 g/mol.